The first-order chi connectivity index (χ1) is 2.00. The van der Waals surface area contributed by atoms with Gasteiger partial charge in [-0.3, -0.25) is 0 Å². The van der Waals surface area contributed by atoms with Crippen LogP contribution < -0.4 is 44.2 Å². The molecule has 0 aromatic heterocycles. The molecule has 0 amide bonds. The largest absolute Gasteiger partial charge is 2.00 e. The maximum Gasteiger partial charge on any atom is 2.00 e. The Hall–Kier alpha value is 1.53. The van der Waals surface area contributed by atoms with E-state index in [1.165, 1.54) is 0 Å². The van der Waals surface area contributed by atoms with Crippen LogP contribution in [0.2, 0.25) is 0 Å². The predicted octanol–water partition coefficient (Wildman–Crippen LogP) is -5.40. The molecule has 0 atom stereocenters. The van der Waals surface area contributed by atoms with E-state index in [2.05, 4.69) is 0 Å². The van der Waals surface area contributed by atoms with Gasteiger partial charge >= 0.3 is 46.0 Å². The maximum absolute atomic E-state index is 8.55. The van der Waals surface area contributed by atoms with Gasteiger partial charge in [-0.05, 0) is 0 Å². The molecule has 0 unspecified atom stereocenters. The van der Waals surface area contributed by atoms with Crippen molar-refractivity contribution in [1.29, 1.82) is 0 Å². The summed E-state index contributed by atoms with van der Waals surface area (Å²) in [5.41, 5.74) is 0. The molecule has 0 saturated carbocycles. The van der Waals surface area contributed by atoms with Crippen LogP contribution in [-0.4, -0.2) is 0 Å². The summed E-state index contributed by atoms with van der Waals surface area (Å²) in [6, 6.07) is 0. The minimum Gasteiger partial charge on any atom is -0.822 e. The van der Waals surface area contributed by atoms with Crippen LogP contribution in [0, 0.1) is 0 Å². The van der Waals surface area contributed by atoms with Crippen LogP contribution in [0.25, 0.3) is 0 Å². The molecule has 0 aromatic carbocycles. The summed E-state index contributed by atoms with van der Waals surface area (Å²) in [5, 5.41) is 0. The van der Waals surface area contributed by atoms with Gasteiger partial charge in [0.2, 0.25) is 0 Å². The van der Waals surface area contributed by atoms with Crippen molar-refractivity contribution in [3.05, 3.63) is 0 Å². The fourth-order valence-electron chi connectivity index (χ4n) is 0. The fraction of sp³-hybridized carbons (Fsp3) is 0. The van der Waals surface area contributed by atoms with E-state index in [1.54, 1.807) is 0 Å². The van der Waals surface area contributed by atoms with Gasteiger partial charge in [-0.1, -0.05) is 0 Å². The SMILES string of the molecule is O=P([O-])([O-])[O-].[F].[Na+].[Ni+2]. The monoisotopic (exact) mass is 195 g/mol. The van der Waals surface area contributed by atoms with Crippen LogP contribution in [0.1, 0.15) is 0 Å². The Balaban J connectivity index is -0.0000000267. The molecule has 8 heteroatoms. The molecule has 0 fully saturated rings. The smallest absolute Gasteiger partial charge is 0.822 e. The zero-order valence-electron chi connectivity index (χ0n) is 3.77. The second-order valence-electron chi connectivity index (χ2n) is 0.447. The zero-order valence-corrected chi connectivity index (χ0v) is 7.66. The molecule has 0 aliphatic carbocycles. The Bertz CT molecular complexity index is 62.2. The van der Waals surface area contributed by atoms with Gasteiger partial charge in [0.1, 0.15) is 0 Å². The van der Waals surface area contributed by atoms with E-state index in [0.717, 1.165) is 0 Å². The molecule has 0 bridgehead atoms. The fourth-order valence-corrected chi connectivity index (χ4v) is 0. The molecule has 8 heavy (non-hydrogen) atoms. The molecule has 0 rings (SSSR count). The third-order valence-electron chi connectivity index (χ3n) is 0. The van der Waals surface area contributed by atoms with Crippen molar-refractivity contribution in [3.8, 4) is 0 Å². The predicted molar refractivity (Wildman–Crippen MR) is 8.71 cm³/mol. The van der Waals surface area contributed by atoms with Crippen LogP contribution in [0.4, 0.5) is 4.70 Å². The third-order valence-corrected chi connectivity index (χ3v) is 0. The summed E-state index contributed by atoms with van der Waals surface area (Å²) in [6.07, 6.45) is 0. The molecule has 47 valence electrons. The number of halogens is 1. The van der Waals surface area contributed by atoms with Crippen molar-refractivity contribution >= 4 is 7.82 Å². The first-order valence-corrected chi connectivity index (χ1v) is 2.19. The quantitative estimate of drug-likeness (QED) is 0.285. The van der Waals surface area contributed by atoms with E-state index >= 15 is 0 Å². The van der Waals surface area contributed by atoms with E-state index in [-0.39, 0.29) is 50.8 Å². The molecular formula is FNaNiO4P. The molecule has 1 radical (unpaired) electrons. The van der Waals surface area contributed by atoms with Crippen molar-refractivity contribution in [3.63, 3.8) is 0 Å². The van der Waals surface area contributed by atoms with Crippen molar-refractivity contribution in [2.24, 2.45) is 0 Å². The number of hydrogen-bond acceptors (Lipinski definition) is 4. The average Bonchev–Trinajstić information content (AvgIpc) is 0.722. The molecular weight excluding hydrogens is 196 g/mol. The standard InChI is InChI=1S/F.Na.Ni.H3O4P/c;;;1-5(2,3)4/h;;;(H3,1,2,3,4)/q;+1;+2;/p-3. The van der Waals surface area contributed by atoms with Crippen molar-refractivity contribution in [1.82, 2.24) is 0 Å². The van der Waals surface area contributed by atoms with Crippen LogP contribution in [0.5, 0.6) is 0 Å². The zero-order chi connectivity index (χ0) is 4.50. The molecule has 0 spiro atoms. The van der Waals surface area contributed by atoms with E-state index in [4.69, 9.17) is 19.2 Å². The Morgan fingerprint density at radius 1 is 1.12 bits per heavy atom. The van der Waals surface area contributed by atoms with Crippen LogP contribution >= 0.6 is 7.82 Å². The van der Waals surface area contributed by atoms with Gasteiger partial charge in [0.15, 0.2) is 0 Å². The number of hydrogen-bond donors (Lipinski definition) is 0. The summed E-state index contributed by atoms with van der Waals surface area (Å²) >= 11 is 0. The summed E-state index contributed by atoms with van der Waals surface area (Å²) in [6.45, 7) is 0. The van der Waals surface area contributed by atoms with Crippen molar-refractivity contribution < 1.29 is 70.0 Å². The van der Waals surface area contributed by atoms with Gasteiger partial charge in [-0.25, -0.2) is 0 Å². The number of rotatable bonds is 0. The summed E-state index contributed by atoms with van der Waals surface area (Å²) < 4.78 is 8.55. The number of phosphoric acid groups is 1. The van der Waals surface area contributed by atoms with E-state index in [0.29, 0.717) is 0 Å². The molecule has 0 heterocycles. The molecule has 0 N–H and O–H groups in total. The third kappa shape index (κ3) is 137. The van der Waals surface area contributed by atoms with Crippen molar-refractivity contribution in [2.45, 2.75) is 0 Å². The Morgan fingerprint density at radius 2 is 1.12 bits per heavy atom. The molecule has 0 aromatic rings. The molecule has 0 aliphatic heterocycles. The normalized spacial score (nSPS) is 7.38. The molecule has 0 aliphatic rings. The Labute approximate surface area is 77.5 Å². The maximum atomic E-state index is 8.55. The Morgan fingerprint density at radius 3 is 1.12 bits per heavy atom. The molecule has 0 saturated heterocycles. The van der Waals surface area contributed by atoms with Crippen LogP contribution in [-0.2, 0) is 21.1 Å². The van der Waals surface area contributed by atoms with Gasteiger partial charge in [-0.2, -0.15) is 7.82 Å². The van der Waals surface area contributed by atoms with Gasteiger partial charge in [-0.15, -0.1) is 0 Å². The van der Waals surface area contributed by atoms with E-state index in [9.17, 15) is 0 Å². The summed E-state index contributed by atoms with van der Waals surface area (Å²) in [5.74, 6) is 0. The first-order valence-electron chi connectivity index (χ1n) is 0.730. The topological polar surface area (TPSA) is 86.2 Å². The van der Waals surface area contributed by atoms with E-state index < -0.39 is 7.82 Å². The van der Waals surface area contributed by atoms with Gasteiger partial charge < -0.3 is 19.2 Å². The van der Waals surface area contributed by atoms with Gasteiger partial charge in [0.25, 0.3) is 0 Å². The first kappa shape index (κ1) is 22.7. The molecule has 4 nitrogen and oxygen atoms in total. The minimum atomic E-state index is -5.39. The van der Waals surface area contributed by atoms with Crippen LogP contribution in [0.3, 0.4) is 0 Å². The van der Waals surface area contributed by atoms with Crippen LogP contribution in [0.15, 0.2) is 0 Å². The summed E-state index contributed by atoms with van der Waals surface area (Å²) in [7, 11) is -5.39. The van der Waals surface area contributed by atoms with Gasteiger partial charge in [0, 0.05) is 4.70 Å². The average molecular weight is 196 g/mol. The van der Waals surface area contributed by atoms with Crippen molar-refractivity contribution in [2.75, 3.05) is 0 Å². The second-order valence-corrected chi connectivity index (χ2v) is 1.34. The van der Waals surface area contributed by atoms with E-state index in [1.807, 2.05) is 0 Å². The second kappa shape index (κ2) is 8.53. The Kier molecular flexibility index (Phi) is 24.2. The minimum absolute atomic E-state index is 0. The summed E-state index contributed by atoms with van der Waals surface area (Å²) in [4.78, 5) is 25.6. The van der Waals surface area contributed by atoms with Gasteiger partial charge in [0.05, 0.1) is 0 Å².